The highest BCUT2D eigenvalue weighted by Crippen LogP contribution is 2.40. The SMILES string of the molecule is COc1ccc(C(=O)N2CCN(C(C#N)c3ccccc3)CC2)c(OC)c1OC. The van der Waals surface area contributed by atoms with Crippen molar-refractivity contribution in [1.29, 1.82) is 5.26 Å². The second-order valence-electron chi connectivity index (χ2n) is 6.65. The van der Waals surface area contributed by atoms with Crippen LogP contribution in [0.4, 0.5) is 0 Å². The van der Waals surface area contributed by atoms with Crippen molar-refractivity contribution in [1.82, 2.24) is 9.80 Å². The molecule has 0 aliphatic carbocycles. The van der Waals surface area contributed by atoms with Crippen LogP contribution in [0, 0.1) is 11.3 Å². The zero-order chi connectivity index (χ0) is 20.8. The molecule has 0 bridgehead atoms. The number of benzene rings is 2. The third kappa shape index (κ3) is 4.13. The van der Waals surface area contributed by atoms with Crippen LogP contribution in [-0.2, 0) is 0 Å². The summed E-state index contributed by atoms with van der Waals surface area (Å²) in [6.07, 6.45) is 0. The molecule has 1 aliphatic rings. The third-order valence-corrected chi connectivity index (χ3v) is 5.14. The second kappa shape index (κ2) is 9.30. The standard InChI is InChI=1S/C22H25N3O4/c1-27-19-10-9-17(20(28-2)21(19)29-3)22(26)25-13-11-24(12-14-25)18(15-23)16-7-5-4-6-8-16/h4-10,18H,11-14H2,1-3H3. The van der Waals surface area contributed by atoms with Crippen LogP contribution in [0.3, 0.4) is 0 Å². The van der Waals surface area contributed by atoms with E-state index < -0.39 is 0 Å². The minimum atomic E-state index is -0.316. The lowest BCUT2D eigenvalue weighted by Gasteiger charge is -2.37. The molecule has 0 aromatic heterocycles. The monoisotopic (exact) mass is 395 g/mol. The third-order valence-electron chi connectivity index (χ3n) is 5.14. The average molecular weight is 395 g/mol. The Balaban J connectivity index is 1.75. The van der Waals surface area contributed by atoms with Crippen molar-refractivity contribution in [3.8, 4) is 23.3 Å². The first-order valence-electron chi connectivity index (χ1n) is 9.41. The number of ether oxygens (including phenoxy) is 3. The van der Waals surface area contributed by atoms with E-state index in [1.165, 1.54) is 21.3 Å². The van der Waals surface area contributed by atoms with Crippen LogP contribution in [-0.4, -0.2) is 63.2 Å². The van der Waals surface area contributed by atoms with E-state index in [9.17, 15) is 10.1 Å². The Morgan fingerprint density at radius 3 is 2.14 bits per heavy atom. The minimum absolute atomic E-state index is 0.129. The Hall–Kier alpha value is -3.24. The van der Waals surface area contributed by atoms with E-state index in [1.54, 1.807) is 17.0 Å². The summed E-state index contributed by atoms with van der Waals surface area (Å²) in [7, 11) is 4.55. The summed E-state index contributed by atoms with van der Waals surface area (Å²) in [6.45, 7) is 2.30. The molecule has 2 aromatic carbocycles. The fourth-order valence-corrected chi connectivity index (χ4v) is 3.63. The molecule has 1 heterocycles. The van der Waals surface area contributed by atoms with Gasteiger partial charge >= 0.3 is 0 Å². The Kier molecular flexibility index (Phi) is 6.57. The van der Waals surface area contributed by atoms with Crippen LogP contribution >= 0.6 is 0 Å². The van der Waals surface area contributed by atoms with E-state index >= 15 is 0 Å². The van der Waals surface area contributed by atoms with Gasteiger partial charge in [-0.15, -0.1) is 0 Å². The van der Waals surface area contributed by atoms with Gasteiger partial charge in [0, 0.05) is 26.2 Å². The number of carbonyl (C=O) groups excluding carboxylic acids is 1. The van der Waals surface area contributed by atoms with Crippen molar-refractivity contribution < 1.29 is 19.0 Å². The number of piperazine rings is 1. The summed E-state index contributed by atoms with van der Waals surface area (Å²) in [5, 5.41) is 9.65. The van der Waals surface area contributed by atoms with Gasteiger partial charge in [-0.1, -0.05) is 30.3 Å². The maximum Gasteiger partial charge on any atom is 0.257 e. The molecular formula is C22H25N3O4. The number of nitrogens with zero attached hydrogens (tertiary/aromatic N) is 3. The molecule has 1 saturated heterocycles. The molecule has 0 saturated carbocycles. The van der Waals surface area contributed by atoms with Crippen LogP contribution in [0.5, 0.6) is 17.2 Å². The van der Waals surface area contributed by atoms with Gasteiger partial charge in [0.2, 0.25) is 5.75 Å². The van der Waals surface area contributed by atoms with E-state index in [-0.39, 0.29) is 11.9 Å². The summed E-state index contributed by atoms with van der Waals surface area (Å²) in [6, 6.07) is 15.2. The number of amides is 1. The highest BCUT2D eigenvalue weighted by Gasteiger charge is 2.30. The summed E-state index contributed by atoms with van der Waals surface area (Å²) in [4.78, 5) is 17.0. The first-order chi connectivity index (χ1) is 14.1. The molecule has 1 fully saturated rings. The summed E-state index contributed by atoms with van der Waals surface area (Å²) in [5.74, 6) is 1.13. The van der Waals surface area contributed by atoms with Crippen LogP contribution in [0.25, 0.3) is 0 Å². The molecule has 1 atom stereocenters. The van der Waals surface area contributed by atoms with Gasteiger partial charge in [0.05, 0.1) is 33.0 Å². The zero-order valence-corrected chi connectivity index (χ0v) is 16.9. The van der Waals surface area contributed by atoms with Gasteiger partial charge in [0.1, 0.15) is 6.04 Å². The van der Waals surface area contributed by atoms with Gasteiger partial charge in [-0.05, 0) is 17.7 Å². The van der Waals surface area contributed by atoms with Crippen LogP contribution in [0.2, 0.25) is 0 Å². The van der Waals surface area contributed by atoms with E-state index in [0.29, 0.717) is 49.0 Å². The van der Waals surface area contributed by atoms with Gasteiger partial charge < -0.3 is 19.1 Å². The zero-order valence-electron chi connectivity index (χ0n) is 16.9. The molecule has 1 aliphatic heterocycles. The molecule has 0 N–H and O–H groups in total. The number of carbonyl (C=O) groups is 1. The van der Waals surface area contributed by atoms with E-state index in [0.717, 1.165) is 5.56 Å². The highest BCUT2D eigenvalue weighted by molar-refractivity contribution is 5.98. The second-order valence-corrected chi connectivity index (χ2v) is 6.65. The quantitative estimate of drug-likeness (QED) is 0.749. The van der Waals surface area contributed by atoms with Gasteiger partial charge in [-0.2, -0.15) is 5.26 Å². The summed E-state index contributed by atoms with van der Waals surface area (Å²) < 4.78 is 16.1. The van der Waals surface area contributed by atoms with Crippen molar-refractivity contribution in [3.63, 3.8) is 0 Å². The number of nitriles is 1. The highest BCUT2D eigenvalue weighted by atomic mass is 16.5. The fourth-order valence-electron chi connectivity index (χ4n) is 3.63. The van der Waals surface area contributed by atoms with Gasteiger partial charge in [-0.3, -0.25) is 9.69 Å². The molecule has 2 aromatic rings. The summed E-state index contributed by atoms with van der Waals surface area (Å²) in [5.41, 5.74) is 1.40. The number of hydrogen-bond donors (Lipinski definition) is 0. The van der Waals surface area contributed by atoms with Crippen LogP contribution < -0.4 is 14.2 Å². The topological polar surface area (TPSA) is 75.0 Å². The smallest absolute Gasteiger partial charge is 0.257 e. The molecule has 152 valence electrons. The normalized spacial score (nSPS) is 15.3. The first-order valence-corrected chi connectivity index (χ1v) is 9.41. The van der Waals surface area contributed by atoms with E-state index in [2.05, 4.69) is 11.0 Å². The molecule has 7 heteroatoms. The Labute approximate surface area is 171 Å². The van der Waals surface area contributed by atoms with Gasteiger partial charge in [0.15, 0.2) is 11.5 Å². The number of hydrogen-bond acceptors (Lipinski definition) is 6. The molecule has 1 amide bonds. The Bertz CT molecular complexity index is 887. The van der Waals surface area contributed by atoms with Crippen LogP contribution in [0.1, 0.15) is 22.0 Å². The van der Waals surface area contributed by atoms with E-state index in [1.807, 2.05) is 30.3 Å². The summed E-state index contributed by atoms with van der Waals surface area (Å²) >= 11 is 0. The molecule has 7 nitrogen and oxygen atoms in total. The lowest BCUT2D eigenvalue weighted by molar-refractivity contribution is 0.0602. The van der Waals surface area contributed by atoms with Crippen molar-refractivity contribution >= 4 is 5.91 Å². The van der Waals surface area contributed by atoms with Crippen molar-refractivity contribution in [2.24, 2.45) is 0 Å². The maximum atomic E-state index is 13.1. The largest absolute Gasteiger partial charge is 0.493 e. The molecule has 29 heavy (non-hydrogen) atoms. The van der Waals surface area contributed by atoms with Crippen molar-refractivity contribution in [2.75, 3.05) is 47.5 Å². The van der Waals surface area contributed by atoms with Crippen molar-refractivity contribution in [2.45, 2.75) is 6.04 Å². The predicted molar refractivity (Wildman–Crippen MR) is 108 cm³/mol. The molecule has 1 unspecified atom stereocenters. The van der Waals surface area contributed by atoms with Gasteiger partial charge in [-0.25, -0.2) is 0 Å². The van der Waals surface area contributed by atoms with E-state index in [4.69, 9.17) is 14.2 Å². The van der Waals surface area contributed by atoms with Crippen LogP contribution in [0.15, 0.2) is 42.5 Å². The molecule has 0 spiro atoms. The fraction of sp³-hybridized carbons (Fsp3) is 0.364. The van der Waals surface area contributed by atoms with Gasteiger partial charge in [0.25, 0.3) is 5.91 Å². The lowest BCUT2D eigenvalue weighted by Crippen LogP contribution is -2.49. The molecule has 3 rings (SSSR count). The van der Waals surface area contributed by atoms with Crippen molar-refractivity contribution in [3.05, 3.63) is 53.6 Å². The minimum Gasteiger partial charge on any atom is -0.493 e. The molecule has 0 radical (unpaired) electrons. The Morgan fingerprint density at radius 1 is 0.931 bits per heavy atom. The molecular weight excluding hydrogens is 370 g/mol. The Morgan fingerprint density at radius 2 is 1.59 bits per heavy atom. The number of methoxy groups -OCH3 is 3. The first kappa shape index (κ1) is 20.5. The maximum absolute atomic E-state index is 13.1. The average Bonchev–Trinajstić information content (AvgIpc) is 2.79. The predicted octanol–water partition coefficient (Wildman–Crippen LogP) is 2.74. The number of rotatable bonds is 6. The lowest BCUT2D eigenvalue weighted by atomic mass is 10.1.